The third-order valence-corrected chi connectivity index (χ3v) is 2.50. The number of nitrogens with one attached hydrogen (secondary N) is 1. The van der Waals surface area contributed by atoms with Crippen molar-refractivity contribution in [3.05, 3.63) is 23.9 Å². The Kier molecular flexibility index (Phi) is 4.17. The normalized spacial score (nSPS) is 20.2. The highest BCUT2D eigenvalue weighted by Gasteiger charge is 2.16. The van der Waals surface area contributed by atoms with Gasteiger partial charge in [0.05, 0.1) is 7.11 Å². The molecule has 0 bridgehead atoms. The summed E-state index contributed by atoms with van der Waals surface area (Å²) < 4.78 is 5.01. The first-order valence-corrected chi connectivity index (χ1v) is 4.61. The van der Waals surface area contributed by atoms with Crippen LogP contribution in [0.1, 0.15) is 17.9 Å². The van der Waals surface area contributed by atoms with Crippen molar-refractivity contribution in [3.63, 3.8) is 0 Å². The second-order valence-corrected chi connectivity index (χ2v) is 3.32. The number of hydrogen-bond acceptors (Lipinski definition) is 3. The second kappa shape index (κ2) is 5.17. The van der Waals surface area contributed by atoms with Crippen molar-refractivity contribution in [1.29, 1.82) is 0 Å². The number of nitrogens with zero attached hydrogens (tertiary/aromatic N) is 1. The number of ether oxygens (including phenoxy) is 1. The van der Waals surface area contributed by atoms with Gasteiger partial charge in [-0.05, 0) is 24.4 Å². The second-order valence-electron chi connectivity index (χ2n) is 3.32. The van der Waals surface area contributed by atoms with Crippen LogP contribution >= 0.6 is 12.4 Å². The summed E-state index contributed by atoms with van der Waals surface area (Å²) in [5.41, 5.74) is 1.31. The standard InChI is InChI=1S/C10H14N2O.ClH/c1-13-10-3-2-8(7-12-10)9-4-5-11-6-9;/h2-3,7,9,11H,4-6H2,1H3;1H. The Labute approximate surface area is 90.3 Å². The van der Waals surface area contributed by atoms with Gasteiger partial charge in [0.2, 0.25) is 5.88 Å². The number of halogens is 1. The van der Waals surface area contributed by atoms with Crippen molar-refractivity contribution >= 4 is 12.4 Å². The molecule has 78 valence electrons. The van der Waals surface area contributed by atoms with Gasteiger partial charge in [0.15, 0.2) is 0 Å². The van der Waals surface area contributed by atoms with E-state index in [2.05, 4.69) is 16.4 Å². The van der Waals surface area contributed by atoms with E-state index >= 15 is 0 Å². The molecule has 4 heteroatoms. The molecule has 0 saturated carbocycles. The van der Waals surface area contributed by atoms with Crippen LogP contribution in [0.2, 0.25) is 0 Å². The lowest BCUT2D eigenvalue weighted by Crippen LogP contribution is -2.08. The molecule has 1 saturated heterocycles. The quantitative estimate of drug-likeness (QED) is 0.812. The summed E-state index contributed by atoms with van der Waals surface area (Å²) in [7, 11) is 1.64. The lowest BCUT2D eigenvalue weighted by Gasteiger charge is -2.07. The zero-order valence-corrected chi connectivity index (χ0v) is 9.01. The predicted molar refractivity (Wildman–Crippen MR) is 58.3 cm³/mol. The van der Waals surface area contributed by atoms with Gasteiger partial charge in [0, 0.05) is 18.8 Å². The van der Waals surface area contributed by atoms with Gasteiger partial charge < -0.3 is 10.1 Å². The molecule has 0 spiro atoms. The largest absolute Gasteiger partial charge is 0.481 e. The molecule has 0 radical (unpaired) electrons. The van der Waals surface area contributed by atoms with E-state index in [-0.39, 0.29) is 12.4 Å². The van der Waals surface area contributed by atoms with Gasteiger partial charge >= 0.3 is 0 Å². The molecule has 1 aromatic heterocycles. The summed E-state index contributed by atoms with van der Waals surface area (Å²) in [4.78, 5) is 4.19. The highest BCUT2D eigenvalue weighted by atomic mass is 35.5. The van der Waals surface area contributed by atoms with Gasteiger partial charge in [-0.3, -0.25) is 0 Å². The smallest absolute Gasteiger partial charge is 0.212 e. The first-order chi connectivity index (χ1) is 6.40. The fourth-order valence-corrected chi connectivity index (χ4v) is 1.69. The molecule has 1 N–H and O–H groups in total. The minimum atomic E-state index is 0. The SMILES string of the molecule is COc1ccc(C2CCNC2)cn1.Cl. The van der Waals surface area contributed by atoms with Crippen LogP contribution in [0.3, 0.4) is 0 Å². The summed E-state index contributed by atoms with van der Waals surface area (Å²) in [5.74, 6) is 1.33. The first kappa shape index (κ1) is 11.3. The minimum absolute atomic E-state index is 0. The maximum Gasteiger partial charge on any atom is 0.212 e. The summed E-state index contributed by atoms with van der Waals surface area (Å²) in [6.45, 7) is 2.20. The molecule has 1 atom stereocenters. The van der Waals surface area contributed by atoms with Gasteiger partial charge in [-0.1, -0.05) is 6.07 Å². The molecule has 2 rings (SSSR count). The van der Waals surface area contributed by atoms with Crippen LogP contribution in [0, 0.1) is 0 Å². The van der Waals surface area contributed by atoms with E-state index in [0.717, 1.165) is 13.1 Å². The molecular formula is C10H15ClN2O. The molecule has 1 fully saturated rings. The molecule has 0 aliphatic carbocycles. The lowest BCUT2D eigenvalue weighted by atomic mass is 10.0. The van der Waals surface area contributed by atoms with Crippen LogP contribution in [0.5, 0.6) is 5.88 Å². The van der Waals surface area contributed by atoms with E-state index < -0.39 is 0 Å². The number of pyridine rings is 1. The Hall–Kier alpha value is -0.800. The Morgan fingerprint density at radius 3 is 2.86 bits per heavy atom. The monoisotopic (exact) mass is 214 g/mol. The van der Waals surface area contributed by atoms with Gasteiger partial charge in [0.1, 0.15) is 0 Å². The topological polar surface area (TPSA) is 34.1 Å². The molecule has 1 aliphatic rings. The fourth-order valence-electron chi connectivity index (χ4n) is 1.69. The Morgan fingerprint density at radius 1 is 1.50 bits per heavy atom. The van der Waals surface area contributed by atoms with Crippen LogP contribution in [0.25, 0.3) is 0 Å². The van der Waals surface area contributed by atoms with E-state index in [0.29, 0.717) is 11.8 Å². The van der Waals surface area contributed by atoms with Crippen LogP contribution in [-0.2, 0) is 0 Å². The Balaban J connectivity index is 0.000000980. The average molecular weight is 215 g/mol. The van der Waals surface area contributed by atoms with Crippen molar-refractivity contribution in [1.82, 2.24) is 10.3 Å². The summed E-state index contributed by atoms with van der Waals surface area (Å²) >= 11 is 0. The summed E-state index contributed by atoms with van der Waals surface area (Å²) in [5, 5.41) is 3.34. The highest BCUT2D eigenvalue weighted by molar-refractivity contribution is 5.85. The maximum absolute atomic E-state index is 5.01. The molecule has 2 heterocycles. The van der Waals surface area contributed by atoms with Gasteiger partial charge in [0.25, 0.3) is 0 Å². The highest BCUT2D eigenvalue weighted by Crippen LogP contribution is 2.22. The van der Waals surface area contributed by atoms with Crippen molar-refractivity contribution in [2.24, 2.45) is 0 Å². The predicted octanol–water partition coefficient (Wildman–Crippen LogP) is 1.59. The van der Waals surface area contributed by atoms with E-state index in [1.165, 1.54) is 12.0 Å². The number of hydrogen-bond donors (Lipinski definition) is 1. The van der Waals surface area contributed by atoms with Crippen LogP contribution < -0.4 is 10.1 Å². The van der Waals surface area contributed by atoms with Crippen molar-refractivity contribution in [2.45, 2.75) is 12.3 Å². The third kappa shape index (κ3) is 2.36. The van der Waals surface area contributed by atoms with Crippen LogP contribution in [0.15, 0.2) is 18.3 Å². The van der Waals surface area contributed by atoms with E-state index in [1.807, 2.05) is 12.3 Å². The molecule has 0 amide bonds. The molecular weight excluding hydrogens is 200 g/mol. The fraction of sp³-hybridized carbons (Fsp3) is 0.500. The molecule has 1 aliphatic heterocycles. The molecule has 0 aromatic carbocycles. The first-order valence-electron chi connectivity index (χ1n) is 4.61. The molecule has 3 nitrogen and oxygen atoms in total. The lowest BCUT2D eigenvalue weighted by molar-refractivity contribution is 0.397. The van der Waals surface area contributed by atoms with Gasteiger partial charge in [-0.25, -0.2) is 4.98 Å². The minimum Gasteiger partial charge on any atom is -0.481 e. The third-order valence-electron chi connectivity index (χ3n) is 2.50. The van der Waals surface area contributed by atoms with E-state index in [1.54, 1.807) is 7.11 Å². The van der Waals surface area contributed by atoms with Crippen LogP contribution in [-0.4, -0.2) is 25.2 Å². The zero-order valence-electron chi connectivity index (χ0n) is 8.19. The van der Waals surface area contributed by atoms with Gasteiger partial charge in [-0.2, -0.15) is 0 Å². The summed E-state index contributed by atoms with van der Waals surface area (Å²) in [6.07, 6.45) is 3.13. The zero-order chi connectivity index (χ0) is 9.10. The number of aromatic nitrogens is 1. The van der Waals surface area contributed by atoms with Crippen molar-refractivity contribution in [3.8, 4) is 5.88 Å². The van der Waals surface area contributed by atoms with Crippen molar-refractivity contribution < 1.29 is 4.74 Å². The number of methoxy groups -OCH3 is 1. The Morgan fingerprint density at radius 2 is 2.36 bits per heavy atom. The van der Waals surface area contributed by atoms with Gasteiger partial charge in [-0.15, -0.1) is 12.4 Å². The Bertz CT molecular complexity index is 270. The van der Waals surface area contributed by atoms with E-state index in [4.69, 9.17) is 4.74 Å². The van der Waals surface area contributed by atoms with Crippen LogP contribution in [0.4, 0.5) is 0 Å². The average Bonchev–Trinajstić information content (AvgIpc) is 2.71. The van der Waals surface area contributed by atoms with E-state index in [9.17, 15) is 0 Å². The van der Waals surface area contributed by atoms with Crippen molar-refractivity contribution in [2.75, 3.05) is 20.2 Å². The summed E-state index contributed by atoms with van der Waals surface area (Å²) in [6, 6.07) is 4.02. The number of rotatable bonds is 2. The maximum atomic E-state index is 5.01. The molecule has 1 unspecified atom stereocenters. The molecule has 14 heavy (non-hydrogen) atoms. The molecule has 1 aromatic rings.